The molecule has 2 aliphatic rings. The molecule has 102 valence electrons. The second kappa shape index (κ2) is 4.30. The van der Waals surface area contributed by atoms with Gasteiger partial charge in [0, 0.05) is 11.3 Å². The quantitative estimate of drug-likeness (QED) is 0.676. The largest absolute Gasteiger partial charge is 0.433 e. The van der Waals surface area contributed by atoms with Crippen LogP contribution in [0.4, 0.5) is 0 Å². The molecule has 0 N–H and O–H groups in total. The van der Waals surface area contributed by atoms with Crippen molar-refractivity contribution < 1.29 is 14.3 Å². The Morgan fingerprint density at radius 1 is 1.44 bits per heavy atom. The molecule has 5 heteroatoms. The molecule has 0 aromatic rings. The summed E-state index contributed by atoms with van der Waals surface area (Å²) < 4.78 is 11.4. The van der Waals surface area contributed by atoms with E-state index in [0.717, 1.165) is 6.42 Å². The number of esters is 1. The van der Waals surface area contributed by atoms with Crippen LogP contribution >= 0.6 is 0 Å². The molecule has 1 spiro atoms. The van der Waals surface area contributed by atoms with Crippen LogP contribution in [-0.2, 0) is 14.3 Å². The molecule has 0 aromatic heterocycles. The second-order valence-corrected chi connectivity index (χ2v) is 6.24. The van der Waals surface area contributed by atoms with Crippen molar-refractivity contribution in [3.8, 4) is 0 Å². The van der Waals surface area contributed by atoms with E-state index in [1.165, 1.54) is 0 Å². The van der Waals surface area contributed by atoms with Crippen molar-refractivity contribution in [1.82, 2.24) is 0 Å². The van der Waals surface area contributed by atoms with Gasteiger partial charge in [0.2, 0.25) is 11.8 Å². The Balaban J connectivity index is 2.27. The number of carbonyl (C=O) groups is 1. The van der Waals surface area contributed by atoms with E-state index in [0.29, 0.717) is 6.54 Å². The van der Waals surface area contributed by atoms with Crippen molar-refractivity contribution in [2.45, 2.75) is 59.0 Å². The number of carbonyl (C=O) groups excluding carboxylic acids is 1. The van der Waals surface area contributed by atoms with Gasteiger partial charge in [0.1, 0.15) is 0 Å². The van der Waals surface area contributed by atoms with Gasteiger partial charge in [-0.1, -0.05) is 27.7 Å². The summed E-state index contributed by atoms with van der Waals surface area (Å²) in [5.74, 6) is -0.199. The monoisotopic (exact) mass is 254 g/mol. The predicted molar refractivity (Wildman–Crippen MR) is 66.1 cm³/mol. The van der Waals surface area contributed by atoms with Crippen molar-refractivity contribution in [2.75, 3.05) is 6.54 Å². The lowest BCUT2D eigenvalue weighted by Gasteiger charge is -2.44. The van der Waals surface area contributed by atoms with E-state index in [1.54, 1.807) is 0 Å². The Bertz CT molecular complexity index is 375. The fraction of sp³-hybridized carbons (Fsp3) is 0.923. The zero-order valence-corrected chi connectivity index (χ0v) is 11.8. The van der Waals surface area contributed by atoms with Crippen molar-refractivity contribution in [3.05, 3.63) is 0 Å². The molecule has 2 heterocycles. The van der Waals surface area contributed by atoms with Crippen LogP contribution in [0.1, 0.15) is 41.0 Å². The van der Waals surface area contributed by atoms with E-state index >= 15 is 0 Å². The molecule has 1 fully saturated rings. The fourth-order valence-electron chi connectivity index (χ4n) is 2.59. The topological polar surface area (TPSA) is 60.2 Å². The highest BCUT2D eigenvalue weighted by atomic mass is 16.7. The van der Waals surface area contributed by atoms with Gasteiger partial charge in [0.05, 0.1) is 12.6 Å². The summed E-state index contributed by atoms with van der Waals surface area (Å²) in [5, 5.41) is 8.23. The minimum Gasteiger partial charge on any atom is -0.433 e. The smallest absolute Gasteiger partial charge is 0.341 e. The zero-order valence-electron chi connectivity index (χ0n) is 11.8. The molecule has 0 radical (unpaired) electrons. The number of cyclic esters (lactones) is 1. The van der Waals surface area contributed by atoms with Gasteiger partial charge in [-0.25, -0.2) is 4.79 Å². The standard InChI is InChI=1S/C13H22N2O3/c1-6-9-7-14-15-13(9)8(2)17-11(12(3,4)5)18-10(13)16/h8-9,11H,6-7H2,1-5H3/t8?,9-,11?,13?/m1/s1. The molecule has 0 aromatic carbocycles. The lowest BCUT2D eigenvalue weighted by atomic mass is 9.78. The van der Waals surface area contributed by atoms with Crippen molar-refractivity contribution >= 4 is 5.97 Å². The molecular weight excluding hydrogens is 232 g/mol. The normalized spacial score (nSPS) is 40.3. The van der Waals surface area contributed by atoms with Gasteiger partial charge >= 0.3 is 5.97 Å². The van der Waals surface area contributed by atoms with Gasteiger partial charge in [-0.05, 0) is 13.3 Å². The number of ether oxygens (including phenoxy) is 2. The van der Waals surface area contributed by atoms with Crippen LogP contribution in [0.15, 0.2) is 10.2 Å². The van der Waals surface area contributed by atoms with Crippen LogP contribution in [0.2, 0.25) is 0 Å². The highest BCUT2D eigenvalue weighted by molar-refractivity contribution is 5.83. The molecule has 18 heavy (non-hydrogen) atoms. The number of nitrogens with zero attached hydrogens (tertiary/aromatic N) is 2. The van der Waals surface area contributed by atoms with Crippen LogP contribution in [-0.4, -0.2) is 30.4 Å². The van der Waals surface area contributed by atoms with Crippen LogP contribution in [0.3, 0.4) is 0 Å². The average Bonchev–Trinajstić information content (AvgIpc) is 2.69. The summed E-state index contributed by atoms with van der Waals surface area (Å²) in [6.45, 7) is 10.5. The first kappa shape index (κ1) is 13.5. The minimum atomic E-state index is -0.920. The van der Waals surface area contributed by atoms with Crippen molar-refractivity contribution in [3.63, 3.8) is 0 Å². The molecule has 0 amide bonds. The van der Waals surface area contributed by atoms with E-state index < -0.39 is 11.8 Å². The first-order chi connectivity index (χ1) is 8.32. The molecule has 0 bridgehead atoms. The SMILES string of the molecule is CC[C@@H]1CN=NC12C(=O)OC(C(C)(C)C)OC2C. The molecule has 2 aliphatic heterocycles. The number of azo groups is 1. The minimum absolute atomic E-state index is 0.0842. The van der Waals surface area contributed by atoms with Crippen LogP contribution in [0.25, 0.3) is 0 Å². The molecule has 0 aliphatic carbocycles. The molecule has 3 unspecified atom stereocenters. The first-order valence-corrected chi connectivity index (χ1v) is 6.57. The zero-order chi connectivity index (χ0) is 13.6. The first-order valence-electron chi connectivity index (χ1n) is 6.57. The summed E-state index contributed by atoms with van der Waals surface area (Å²) in [6, 6.07) is 0. The Morgan fingerprint density at radius 2 is 2.11 bits per heavy atom. The number of hydrogen-bond acceptors (Lipinski definition) is 5. The van der Waals surface area contributed by atoms with Gasteiger partial charge in [0.25, 0.3) is 0 Å². The molecule has 0 saturated carbocycles. The fourth-order valence-corrected chi connectivity index (χ4v) is 2.59. The maximum absolute atomic E-state index is 12.4. The summed E-state index contributed by atoms with van der Waals surface area (Å²) in [6.07, 6.45) is 0.0359. The van der Waals surface area contributed by atoms with Gasteiger partial charge in [-0.15, -0.1) is 0 Å². The number of rotatable bonds is 1. The van der Waals surface area contributed by atoms with Crippen molar-refractivity contribution in [1.29, 1.82) is 0 Å². The van der Waals surface area contributed by atoms with E-state index in [1.807, 2.05) is 34.6 Å². The Kier molecular flexibility index (Phi) is 3.21. The number of hydrogen-bond donors (Lipinski definition) is 0. The molecular formula is C13H22N2O3. The highest BCUT2D eigenvalue weighted by Gasteiger charge is 2.59. The summed E-state index contributed by atoms with van der Waals surface area (Å²) in [7, 11) is 0. The van der Waals surface area contributed by atoms with E-state index in [9.17, 15) is 4.79 Å². The van der Waals surface area contributed by atoms with Gasteiger partial charge in [-0.2, -0.15) is 10.2 Å². The summed E-state index contributed by atoms with van der Waals surface area (Å²) in [4.78, 5) is 12.4. The Hall–Kier alpha value is -0.970. The average molecular weight is 254 g/mol. The third kappa shape index (κ3) is 1.85. The third-order valence-corrected chi connectivity index (χ3v) is 3.85. The highest BCUT2D eigenvalue weighted by Crippen LogP contribution is 2.43. The summed E-state index contributed by atoms with van der Waals surface area (Å²) in [5.41, 5.74) is -1.15. The van der Waals surface area contributed by atoms with E-state index in [2.05, 4.69) is 10.2 Å². The van der Waals surface area contributed by atoms with Gasteiger partial charge in [-0.3, -0.25) is 0 Å². The van der Waals surface area contributed by atoms with Crippen LogP contribution < -0.4 is 0 Å². The molecule has 5 nitrogen and oxygen atoms in total. The maximum atomic E-state index is 12.4. The predicted octanol–water partition coefficient (Wildman–Crippen LogP) is 2.55. The lowest BCUT2D eigenvalue weighted by molar-refractivity contribution is -0.261. The van der Waals surface area contributed by atoms with E-state index in [4.69, 9.17) is 9.47 Å². The molecule has 1 saturated heterocycles. The Labute approximate surface area is 108 Å². The van der Waals surface area contributed by atoms with Crippen LogP contribution in [0.5, 0.6) is 0 Å². The molecule has 4 atom stereocenters. The second-order valence-electron chi connectivity index (χ2n) is 6.24. The third-order valence-electron chi connectivity index (χ3n) is 3.85. The Morgan fingerprint density at radius 3 is 2.61 bits per heavy atom. The van der Waals surface area contributed by atoms with Crippen molar-refractivity contribution in [2.24, 2.45) is 21.6 Å². The van der Waals surface area contributed by atoms with Gasteiger partial charge < -0.3 is 9.47 Å². The molecule has 2 rings (SSSR count). The maximum Gasteiger partial charge on any atom is 0.341 e. The van der Waals surface area contributed by atoms with E-state index in [-0.39, 0.29) is 23.4 Å². The van der Waals surface area contributed by atoms with Crippen LogP contribution in [0, 0.1) is 11.3 Å². The summed E-state index contributed by atoms with van der Waals surface area (Å²) >= 11 is 0. The van der Waals surface area contributed by atoms with Gasteiger partial charge in [0.15, 0.2) is 0 Å². The lowest BCUT2D eigenvalue weighted by Crippen LogP contribution is -2.60.